The predicted molar refractivity (Wildman–Crippen MR) is 127 cm³/mol. The topological polar surface area (TPSA) is 105 Å². The van der Waals surface area contributed by atoms with Crippen molar-refractivity contribution in [2.45, 2.75) is 51.7 Å². The molecule has 1 aliphatic carbocycles. The number of alkyl halides is 3. The van der Waals surface area contributed by atoms with Crippen LogP contribution in [0.15, 0.2) is 42.5 Å². The van der Waals surface area contributed by atoms with Crippen LogP contribution in [-0.2, 0) is 32.5 Å². The molecule has 2 atom stereocenters. The lowest BCUT2D eigenvalue weighted by Gasteiger charge is -2.16. The average Bonchev–Trinajstić information content (AvgIpc) is 3.20. The maximum absolute atomic E-state index is 12.3. The maximum atomic E-state index is 12.3. The van der Waals surface area contributed by atoms with Crippen molar-refractivity contribution in [1.82, 2.24) is 0 Å². The van der Waals surface area contributed by atoms with Crippen LogP contribution < -0.4 is 14.7 Å². The smallest absolute Gasteiger partial charge is 0.389 e. The zero-order valence-corrected chi connectivity index (χ0v) is 20.9. The highest BCUT2D eigenvalue weighted by Crippen LogP contribution is 2.37. The molecule has 0 amide bonds. The summed E-state index contributed by atoms with van der Waals surface area (Å²) in [5.74, 6) is -0.300. The highest BCUT2D eigenvalue weighted by atomic mass is 32.2. The molecule has 36 heavy (non-hydrogen) atoms. The van der Waals surface area contributed by atoms with E-state index < -0.39 is 46.9 Å². The van der Waals surface area contributed by atoms with E-state index in [1.54, 1.807) is 12.1 Å². The molecule has 0 spiro atoms. The van der Waals surface area contributed by atoms with Gasteiger partial charge in [-0.1, -0.05) is 32.0 Å². The molecule has 198 valence electrons. The molecule has 0 aromatic heterocycles. The zero-order valence-electron chi connectivity index (χ0n) is 20.1. The SMILES string of the molecule is CC(C)[C@H](N)C(=O)OCC1Cc2cccc(Oc3cccc(OS(=O)(=O)CCCC(F)(F)F)c3)c2C1. The third kappa shape index (κ3) is 8.12. The van der Waals surface area contributed by atoms with Gasteiger partial charge in [-0.2, -0.15) is 21.6 Å². The maximum Gasteiger partial charge on any atom is 0.389 e. The molecule has 0 saturated carbocycles. The molecule has 0 aliphatic heterocycles. The fourth-order valence-electron chi connectivity index (χ4n) is 3.84. The summed E-state index contributed by atoms with van der Waals surface area (Å²) in [6.45, 7) is 3.94. The lowest BCUT2D eigenvalue weighted by Crippen LogP contribution is -2.37. The van der Waals surface area contributed by atoms with Gasteiger partial charge in [0.25, 0.3) is 0 Å². The number of nitrogens with two attached hydrogens (primary N) is 1. The number of ether oxygens (including phenoxy) is 2. The summed E-state index contributed by atoms with van der Waals surface area (Å²) in [7, 11) is -4.19. The quantitative estimate of drug-likeness (QED) is 0.330. The summed E-state index contributed by atoms with van der Waals surface area (Å²) in [5, 5.41) is 0. The summed E-state index contributed by atoms with van der Waals surface area (Å²) in [5.41, 5.74) is 7.86. The van der Waals surface area contributed by atoms with E-state index in [1.165, 1.54) is 18.2 Å². The summed E-state index contributed by atoms with van der Waals surface area (Å²) < 4.78 is 77.4. The van der Waals surface area contributed by atoms with Crippen molar-refractivity contribution in [3.63, 3.8) is 0 Å². The first-order valence-corrected chi connectivity index (χ1v) is 13.2. The van der Waals surface area contributed by atoms with E-state index in [-0.39, 0.29) is 24.2 Å². The Labute approximate surface area is 208 Å². The van der Waals surface area contributed by atoms with Gasteiger partial charge in [-0.25, -0.2) is 0 Å². The largest absolute Gasteiger partial charge is 0.464 e. The molecule has 0 radical (unpaired) electrons. The first-order chi connectivity index (χ1) is 16.8. The lowest BCUT2D eigenvalue weighted by molar-refractivity contribution is -0.147. The molecule has 0 fully saturated rings. The molecule has 2 N–H and O–H groups in total. The van der Waals surface area contributed by atoms with E-state index in [0.717, 1.165) is 11.1 Å². The van der Waals surface area contributed by atoms with Gasteiger partial charge in [-0.05, 0) is 54.5 Å². The summed E-state index contributed by atoms with van der Waals surface area (Å²) >= 11 is 0. The molecule has 0 heterocycles. The van der Waals surface area contributed by atoms with Gasteiger partial charge in [0.2, 0.25) is 0 Å². The number of esters is 1. The number of carbonyl (C=O) groups excluding carboxylic acids is 1. The molecule has 3 rings (SSSR count). The fraction of sp³-hybridized carbons (Fsp3) is 0.480. The Morgan fingerprint density at radius 3 is 2.50 bits per heavy atom. The molecule has 0 saturated heterocycles. The molecule has 2 aromatic rings. The van der Waals surface area contributed by atoms with Crippen molar-refractivity contribution in [1.29, 1.82) is 0 Å². The van der Waals surface area contributed by atoms with Gasteiger partial charge in [-0.15, -0.1) is 0 Å². The Morgan fingerprint density at radius 1 is 1.11 bits per heavy atom. The first-order valence-electron chi connectivity index (χ1n) is 11.6. The van der Waals surface area contributed by atoms with Crippen LogP contribution in [0.3, 0.4) is 0 Å². The molecule has 11 heteroatoms. The van der Waals surface area contributed by atoms with Crippen LogP contribution in [0.1, 0.15) is 37.8 Å². The third-order valence-corrected chi connectivity index (χ3v) is 7.03. The van der Waals surface area contributed by atoms with Crippen LogP contribution in [0.2, 0.25) is 0 Å². The second-order valence-corrected chi connectivity index (χ2v) is 10.9. The fourth-order valence-corrected chi connectivity index (χ4v) is 4.82. The molecule has 7 nitrogen and oxygen atoms in total. The van der Waals surface area contributed by atoms with Crippen LogP contribution in [0.25, 0.3) is 0 Å². The molecule has 2 aromatic carbocycles. The predicted octanol–water partition coefficient (Wildman–Crippen LogP) is 4.77. The van der Waals surface area contributed by atoms with Crippen molar-refractivity contribution in [2.75, 3.05) is 12.4 Å². The number of rotatable bonds is 11. The van der Waals surface area contributed by atoms with Gasteiger partial charge >= 0.3 is 22.3 Å². The monoisotopic (exact) mass is 529 g/mol. The van der Waals surface area contributed by atoms with E-state index in [4.69, 9.17) is 19.4 Å². The minimum absolute atomic E-state index is 0.0205. The van der Waals surface area contributed by atoms with Crippen LogP contribution >= 0.6 is 0 Å². The van der Waals surface area contributed by atoms with Crippen LogP contribution in [-0.4, -0.2) is 39.0 Å². The van der Waals surface area contributed by atoms with E-state index in [0.29, 0.717) is 24.3 Å². The van der Waals surface area contributed by atoms with Crippen molar-refractivity contribution in [3.05, 3.63) is 53.6 Å². The van der Waals surface area contributed by atoms with Gasteiger partial charge in [0.1, 0.15) is 23.3 Å². The summed E-state index contributed by atoms with van der Waals surface area (Å²) in [4.78, 5) is 12.1. The number of halogens is 3. The highest BCUT2D eigenvalue weighted by molar-refractivity contribution is 7.87. The molecular weight excluding hydrogens is 499 g/mol. The second kappa shape index (κ2) is 11.5. The van der Waals surface area contributed by atoms with Gasteiger partial charge in [0.05, 0.1) is 12.4 Å². The van der Waals surface area contributed by atoms with Crippen molar-refractivity contribution < 1.29 is 40.0 Å². The Bertz CT molecular complexity index is 1170. The standard InChI is InChI=1S/C25H30F3NO6S/c1-16(2)23(29)24(30)33-15-17-12-18-6-3-9-22(21(18)13-17)34-19-7-4-8-20(14-19)35-36(31,32)11-5-10-25(26,27)28/h3-4,6-9,14,16-17,23H,5,10-13,15,29H2,1-2H3/t17?,23-/m0/s1. The van der Waals surface area contributed by atoms with E-state index in [9.17, 15) is 26.4 Å². The minimum Gasteiger partial charge on any atom is -0.464 e. The summed E-state index contributed by atoms with van der Waals surface area (Å²) in [6.07, 6.45) is -4.89. The summed E-state index contributed by atoms with van der Waals surface area (Å²) in [6, 6.07) is 10.8. The minimum atomic E-state index is -4.43. The Balaban J connectivity index is 1.62. The Morgan fingerprint density at radius 2 is 1.81 bits per heavy atom. The molecule has 1 unspecified atom stereocenters. The number of hydrogen-bond donors (Lipinski definition) is 1. The van der Waals surface area contributed by atoms with E-state index >= 15 is 0 Å². The normalized spacial score (nSPS) is 16.5. The van der Waals surface area contributed by atoms with E-state index in [1.807, 2.05) is 26.0 Å². The van der Waals surface area contributed by atoms with Gasteiger partial charge in [-0.3, -0.25) is 4.79 Å². The van der Waals surface area contributed by atoms with Gasteiger partial charge in [0.15, 0.2) is 0 Å². The van der Waals surface area contributed by atoms with Crippen molar-refractivity contribution >= 4 is 16.1 Å². The van der Waals surface area contributed by atoms with Crippen LogP contribution in [0.5, 0.6) is 17.2 Å². The van der Waals surface area contributed by atoms with Crippen molar-refractivity contribution in [2.24, 2.45) is 17.6 Å². The number of fused-ring (bicyclic) bond motifs is 1. The van der Waals surface area contributed by atoms with Gasteiger partial charge < -0.3 is 19.4 Å². The lowest BCUT2D eigenvalue weighted by atomic mass is 10.1. The second-order valence-electron chi connectivity index (χ2n) is 9.21. The van der Waals surface area contributed by atoms with Crippen LogP contribution in [0, 0.1) is 11.8 Å². The van der Waals surface area contributed by atoms with E-state index in [2.05, 4.69) is 0 Å². The van der Waals surface area contributed by atoms with Gasteiger partial charge in [0, 0.05) is 18.4 Å². The Kier molecular flexibility index (Phi) is 8.89. The average molecular weight is 530 g/mol. The third-order valence-electron chi connectivity index (χ3n) is 5.79. The highest BCUT2D eigenvalue weighted by Gasteiger charge is 2.29. The molecule has 0 bridgehead atoms. The zero-order chi connectivity index (χ0) is 26.5. The number of benzene rings is 2. The number of carbonyl (C=O) groups is 1. The van der Waals surface area contributed by atoms with Crippen LogP contribution in [0.4, 0.5) is 13.2 Å². The Hall–Kier alpha value is -2.79. The number of hydrogen-bond acceptors (Lipinski definition) is 7. The molecule has 1 aliphatic rings. The first kappa shape index (κ1) is 27.8. The van der Waals surface area contributed by atoms with Crippen molar-refractivity contribution in [3.8, 4) is 17.2 Å². The molecular formula is C25H30F3NO6S.